The Bertz CT molecular complexity index is 2600. The van der Waals surface area contributed by atoms with Gasteiger partial charge in [0.2, 0.25) is 59.1 Å². The lowest BCUT2D eigenvalue weighted by Crippen LogP contribution is -2.64. The minimum absolute atomic E-state index is 0.0722. The summed E-state index contributed by atoms with van der Waals surface area (Å²) in [6.45, 7) is 6.11. The molecule has 3 saturated heterocycles. The molecule has 0 saturated carbocycles. The molecule has 3 aliphatic heterocycles. The van der Waals surface area contributed by atoms with Crippen LogP contribution in [0.4, 0.5) is 0 Å². The maximum Gasteiger partial charge on any atom is 0.222 e. The highest BCUT2D eigenvalue weighted by Gasteiger charge is 2.48. The van der Waals surface area contributed by atoms with Crippen LogP contribution in [0.3, 0.4) is 0 Å². The van der Waals surface area contributed by atoms with Crippen molar-refractivity contribution in [3.63, 3.8) is 0 Å². The lowest BCUT2D eigenvalue weighted by molar-refractivity contribution is -0.270. The third kappa shape index (κ3) is 44.1. The maximum absolute atomic E-state index is 14.0. The number of ketones is 1. The fourth-order valence-electron chi connectivity index (χ4n) is 12.8. The fourth-order valence-corrected chi connectivity index (χ4v) is 12.8. The molecule has 0 bridgehead atoms. The van der Waals surface area contributed by atoms with Crippen LogP contribution in [-0.4, -0.2) is 327 Å². The Morgan fingerprint density at radius 3 is 0.862 bits per heavy atom. The SMILES string of the molecule is CC(=O)NC1C(O)[C@H](O)C(CO)O[C@H]1OCCCCC(=O)NCCCNC(=O)CCOCC(COCCC(=O)NCCCNC(=O)CCCCO[C@@H]1OC(CO)[C@@H](O)C(O)C1NC(C)=O)(COCCC(=O)NCCCNC(=O)CCCCO[C@@H]1OC(CO)[C@@H](O)C(O)C1NC(C)=O)NC(=O)CCCCCCCCCCCC(C)C(C)=O. The number of rotatable bonds is 65. The summed E-state index contributed by atoms with van der Waals surface area (Å²) in [4.78, 5) is 138. The number of hydrogen-bond donors (Lipinski definition) is 19. The zero-order valence-corrected chi connectivity index (χ0v) is 68.5. The van der Waals surface area contributed by atoms with Gasteiger partial charge in [0.1, 0.15) is 84.4 Å². The van der Waals surface area contributed by atoms with Crippen molar-refractivity contribution in [1.82, 2.24) is 53.2 Å². The first kappa shape index (κ1) is 104. The average molecular weight is 1670 g/mol. The van der Waals surface area contributed by atoms with E-state index in [0.29, 0.717) is 64.2 Å². The van der Waals surface area contributed by atoms with Crippen LogP contribution in [0.1, 0.15) is 202 Å². The van der Waals surface area contributed by atoms with Crippen LogP contribution in [0.2, 0.25) is 0 Å². The van der Waals surface area contributed by atoms with Crippen molar-refractivity contribution in [3.8, 4) is 0 Å². The van der Waals surface area contributed by atoms with Crippen molar-refractivity contribution in [2.45, 2.75) is 299 Å². The normalized spacial score (nSPS) is 24.0. The number of ether oxygens (including phenoxy) is 9. The average Bonchev–Trinajstić information content (AvgIpc) is 0.822. The number of unbranched alkanes of at least 4 members (excludes halogenated alkanes) is 11. The molecule has 10 amide bonds. The summed E-state index contributed by atoms with van der Waals surface area (Å²) in [6, 6.07) is -3.28. The van der Waals surface area contributed by atoms with Gasteiger partial charge in [-0.1, -0.05) is 58.3 Å². The van der Waals surface area contributed by atoms with Gasteiger partial charge in [-0.25, -0.2) is 0 Å². The summed E-state index contributed by atoms with van der Waals surface area (Å²) in [5.41, 5.74) is -1.40. The molecule has 0 aliphatic carbocycles. The Morgan fingerprint density at radius 1 is 0.328 bits per heavy atom. The Balaban J connectivity index is 1.57. The van der Waals surface area contributed by atoms with E-state index in [9.17, 15) is 98.7 Å². The van der Waals surface area contributed by atoms with E-state index in [1.165, 1.54) is 20.8 Å². The summed E-state index contributed by atoms with van der Waals surface area (Å²) in [5, 5.41) is 118. The molecule has 0 spiro atoms. The molecule has 3 aliphatic rings. The summed E-state index contributed by atoms with van der Waals surface area (Å²) < 4.78 is 52.2. The molecule has 39 nitrogen and oxygen atoms in total. The molecule has 3 fully saturated rings. The first-order valence-corrected chi connectivity index (χ1v) is 41.2. The minimum Gasteiger partial charge on any atom is -0.394 e. The van der Waals surface area contributed by atoms with E-state index in [0.717, 1.165) is 57.8 Å². The van der Waals surface area contributed by atoms with Crippen molar-refractivity contribution in [3.05, 3.63) is 0 Å². The molecule has 0 aromatic heterocycles. The van der Waals surface area contributed by atoms with Gasteiger partial charge >= 0.3 is 0 Å². The number of nitrogens with one attached hydrogen (secondary N) is 10. The number of hydrogen-bond acceptors (Lipinski definition) is 29. The second-order valence-corrected chi connectivity index (χ2v) is 29.9. The Kier molecular flexibility index (Phi) is 54.6. The highest BCUT2D eigenvalue weighted by atomic mass is 16.7. The van der Waals surface area contributed by atoms with E-state index < -0.39 is 135 Å². The van der Waals surface area contributed by atoms with Crippen LogP contribution < -0.4 is 53.2 Å². The van der Waals surface area contributed by atoms with Gasteiger partial charge in [0, 0.05) is 131 Å². The topological polar surface area (TPSA) is 573 Å². The van der Waals surface area contributed by atoms with Gasteiger partial charge in [-0.05, 0) is 77.6 Å². The Hall–Kier alpha value is -6.35. The molecule has 0 aromatic rings. The predicted octanol–water partition coefficient (Wildman–Crippen LogP) is -3.16. The fraction of sp³-hybridized carbons (Fsp3) is 0.857. The van der Waals surface area contributed by atoms with Gasteiger partial charge < -0.3 is 142 Å². The van der Waals surface area contributed by atoms with Gasteiger partial charge in [0.15, 0.2) is 18.9 Å². The zero-order valence-electron chi connectivity index (χ0n) is 68.5. The largest absolute Gasteiger partial charge is 0.394 e. The summed E-state index contributed by atoms with van der Waals surface area (Å²) in [6.07, 6.45) is -2.30. The minimum atomic E-state index is -1.46. The highest BCUT2D eigenvalue weighted by Crippen LogP contribution is 2.26. The molecular formula is C77H138N10O29. The number of amides is 10. The van der Waals surface area contributed by atoms with Crippen LogP contribution >= 0.6 is 0 Å². The molecular weight excluding hydrogens is 1530 g/mol. The van der Waals surface area contributed by atoms with Crippen LogP contribution in [0.15, 0.2) is 0 Å². The van der Waals surface area contributed by atoms with Crippen LogP contribution in [0.25, 0.3) is 0 Å². The molecule has 10 unspecified atom stereocenters. The standard InChI is InChI=1S/C77H138N10O29/c1-50(51(2)91)24-13-11-9-7-6-8-10-12-14-28-64(101)87-77(47-108-41-29-61(98)81-35-21-32-78-58(95)25-15-18-38-111-74-65(84-52(3)92)71(105)68(102)55(44-88)114-74,48-109-42-30-62(99)82-36-22-33-79-59(96)26-16-19-39-112-75-66(85-53(4)93)72(106)69(103)56(45-89)115-75)49-110-43-31-63(100)83-37-23-34-80-60(97)27-17-20-40-113-76-67(86-54(5)94)73(107)70(104)57(46-90)116-76/h50,55-57,65-76,88-90,102-107H,6-49H2,1-5H3,(H,78,95)(H,79,96)(H,80,97)(H,81,98)(H,82,99)(H,83,100)(H,84,92)(H,85,93)(H,86,94)(H,87,101)/t50?,55?,56?,57?,65?,66?,67?,68-,69-,70-,71?,72?,73?,74-,75-,76-,77?/m1/s1. The molecule has 0 aromatic carbocycles. The van der Waals surface area contributed by atoms with Gasteiger partial charge in [-0.3, -0.25) is 52.7 Å². The van der Waals surface area contributed by atoms with Crippen molar-refractivity contribution in [2.75, 3.05) is 119 Å². The predicted molar refractivity (Wildman–Crippen MR) is 415 cm³/mol. The summed E-state index contributed by atoms with van der Waals surface area (Å²) >= 11 is 0. The highest BCUT2D eigenvalue weighted by molar-refractivity contribution is 5.79. The van der Waals surface area contributed by atoms with Crippen molar-refractivity contribution in [1.29, 1.82) is 0 Å². The van der Waals surface area contributed by atoms with E-state index in [-0.39, 0.29) is 197 Å². The van der Waals surface area contributed by atoms with E-state index >= 15 is 0 Å². The van der Waals surface area contributed by atoms with E-state index in [1.54, 1.807) is 6.92 Å². The zero-order chi connectivity index (χ0) is 85.6. The quantitative estimate of drug-likeness (QED) is 0.0267. The molecule has 19 N–H and O–H groups in total. The number of carbonyl (C=O) groups is 11. The van der Waals surface area contributed by atoms with E-state index in [2.05, 4.69) is 53.2 Å². The van der Waals surface area contributed by atoms with Crippen LogP contribution in [0.5, 0.6) is 0 Å². The van der Waals surface area contributed by atoms with Gasteiger partial charge in [0.05, 0.1) is 59.5 Å². The monoisotopic (exact) mass is 1670 g/mol. The molecule has 3 heterocycles. The van der Waals surface area contributed by atoms with Crippen molar-refractivity contribution in [2.24, 2.45) is 5.92 Å². The van der Waals surface area contributed by atoms with Gasteiger partial charge in [0.25, 0.3) is 0 Å². The number of Topliss-reactive ketones (excluding diaryl/α,β-unsaturated/α-hetero) is 1. The van der Waals surface area contributed by atoms with Crippen molar-refractivity contribution >= 4 is 64.9 Å². The first-order valence-electron chi connectivity index (χ1n) is 41.2. The third-order valence-electron chi connectivity index (χ3n) is 19.7. The van der Waals surface area contributed by atoms with Crippen LogP contribution in [0, 0.1) is 5.92 Å². The van der Waals surface area contributed by atoms with Crippen molar-refractivity contribution < 1.29 is 141 Å². The van der Waals surface area contributed by atoms with E-state index in [4.69, 9.17) is 42.6 Å². The van der Waals surface area contributed by atoms with Gasteiger partial charge in [-0.2, -0.15) is 0 Å². The lowest BCUT2D eigenvalue weighted by Gasteiger charge is -2.42. The molecule has 3 rings (SSSR count). The molecule has 0 radical (unpaired) electrons. The first-order chi connectivity index (χ1) is 55.5. The molecule has 670 valence electrons. The van der Waals surface area contributed by atoms with Crippen LogP contribution in [-0.2, 0) is 95.4 Å². The molecule has 39 heteroatoms. The number of carbonyl (C=O) groups excluding carboxylic acids is 11. The Labute approximate surface area is 680 Å². The van der Waals surface area contributed by atoms with E-state index in [1.807, 2.05) is 6.92 Å². The Morgan fingerprint density at radius 2 is 0.586 bits per heavy atom. The molecule has 116 heavy (non-hydrogen) atoms. The second-order valence-electron chi connectivity index (χ2n) is 29.9. The smallest absolute Gasteiger partial charge is 0.222 e. The second kappa shape index (κ2) is 61.0. The lowest BCUT2D eigenvalue weighted by atomic mass is 9.97. The van der Waals surface area contributed by atoms with Gasteiger partial charge in [-0.15, -0.1) is 0 Å². The number of aliphatic hydroxyl groups is 9. The molecule has 16 atom stereocenters. The maximum atomic E-state index is 14.0. The summed E-state index contributed by atoms with van der Waals surface area (Å²) in [5.74, 6) is -3.36. The number of aliphatic hydroxyl groups excluding tert-OH is 9. The third-order valence-corrected chi connectivity index (χ3v) is 19.7. The summed E-state index contributed by atoms with van der Waals surface area (Å²) in [7, 11) is 0.